The Hall–Kier alpha value is -3.15. The Morgan fingerprint density at radius 3 is 2.74 bits per heavy atom. The van der Waals surface area contributed by atoms with Crippen molar-refractivity contribution in [3.05, 3.63) is 65.7 Å². The van der Waals surface area contributed by atoms with Gasteiger partial charge in [-0.1, -0.05) is 12.1 Å². The number of piperazine rings is 1. The summed E-state index contributed by atoms with van der Waals surface area (Å²) in [6.07, 6.45) is 3.25. The fraction of sp³-hybridized carbons (Fsp3) is 0.286. The van der Waals surface area contributed by atoms with Crippen LogP contribution in [0.5, 0.6) is 0 Å². The van der Waals surface area contributed by atoms with Gasteiger partial charge in [-0.25, -0.2) is 0 Å². The molecular weight excluding hydrogens is 342 g/mol. The zero-order valence-electron chi connectivity index (χ0n) is 15.4. The van der Waals surface area contributed by atoms with Crippen LogP contribution < -0.4 is 0 Å². The molecule has 2 amide bonds. The number of carbonyl (C=O) groups excluding carboxylic acids is 2. The highest BCUT2D eigenvalue weighted by atomic mass is 16.3. The quantitative estimate of drug-likeness (QED) is 0.702. The molecule has 4 rings (SSSR count). The molecule has 1 aliphatic rings. The first-order chi connectivity index (χ1) is 13.0. The van der Waals surface area contributed by atoms with Crippen LogP contribution in [0.25, 0.3) is 10.9 Å². The number of hydrogen-bond acceptors (Lipinski definition) is 4. The molecule has 1 aromatic carbocycles. The van der Waals surface area contributed by atoms with E-state index >= 15 is 0 Å². The lowest BCUT2D eigenvalue weighted by Crippen LogP contribution is -2.55. The van der Waals surface area contributed by atoms with Gasteiger partial charge in [-0.2, -0.15) is 0 Å². The fourth-order valence-corrected chi connectivity index (χ4v) is 3.55. The number of carbonyl (C=O) groups is 2. The van der Waals surface area contributed by atoms with Crippen molar-refractivity contribution in [1.82, 2.24) is 14.8 Å². The van der Waals surface area contributed by atoms with Gasteiger partial charge in [-0.15, -0.1) is 0 Å². The van der Waals surface area contributed by atoms with E-state index in [0.717, 1.165) is 16.5 Å². The van der Waals surface area contributed by atoms with Crippen LogP contribution in [-0.2, 0) is 0 Å². The van der Waals surface area contributed by atoms with Gasteiger partial charge in [0.25, 0.3) is 11.8 Å². The van der Waals surface area contributed by atoms with E-state index in [1.54, 1.807) is 22.1 Å². The molecule has 1 saturated heterocycles. The van der Waals surface area contributed by atoms with Crippen molar-refractivity contribution in [2.45, 2.75) is 19.9 Å². The summed E-state index contributed by atoms with van der Waals surface area (Å²) in [6, 6.07) is 11.1. The van der Waals surface area contributed by atoms with Crippen LogP contribution in [0.15, 0.2) is 53.3 Å². The van der Waals surface area contributed by atoms with Crippen molar-refractivity contribution in [2.75, 3.05) is 19.6 Å². The van der Waals surface area contributed by atoms with Crippen molar-refractivity contribution in [1.29, 1.82) is 0 Å². The van der Waals surface area contributed by atoms with Crippen LogP contribution >= 0.6 is 0 Å². The summed E-state index contributed by atoms with van der Waals surface area (Å²) in [6.45, 7) is 5.28. The summed E-state index contributed by atoms with van der Waals surface area (Å²) in [5, 5.41) is 1.01. The number of rotatable bonds is 2. The van der Waals surface area contributed by atoms with Gasteiger partial charge >= 0.3 is 0 Å². The maximum absolute atomic E-state index is 12.9. The molecule has 1 fully saturated rings. The predicted molar refractivity (Wildman–Crippen MR) is 102 cm³/mol. The molecule has 0 saturated carbocycles. The second kappa shape index (κ2) is 6.87. The number of nitrogens with zero attached hydrogens (tertiary/aromatic N) is 3. The second-order valence-corrected chi connectivity index (χ2v) is 6.94. The zero-order chi connectivity index (χ0) is 19.0. The van der Waals surface area contributed by atoms with Gasteiger partial charge in [-0.3, -0.25) is 14.6 Å². The molecule has 2 aromatic heterocycles. The third-order valence-electron chi connectivity index (χ3n) is 5.08. The molecule has 6 heteroatoms. The molecule has 0 spiro atoms. The maximum atomic E-state index is 12.9. The van der Waals surface area contributed by atoms with E-state index in [2.05, 4.69) is 4.98 Å². The van der Waals surface area contributed by atoms with Crippen LogP contribution in [0, 0.1) is 6.92 Å². The van der Waals surface area contributed by atoms with Gasteiger partial charge in [0, 0.05) is 48.4 Å². The van der Waals surface area contributed by atoms with Crippen molar-refractivity contribution in [2.24, 2.45) is 0 Å². The van der Waals surface area contributed by atoms with E-state index in [1.165, 1.54) is 6.26 Å². The van der Waals surface area contributed by atoms with Crippen LogP contribution in [0.3, 0.4) is 0 Å². The van der Waals surface area contributed by atoms with E-state index < -0.39 is 0 Å². The van der Waals surface area contributed by atoms with Crippen molar-refractivity contribution < 1.29 is 14.0 Å². The van der Waals surface area contributed by atoms with Crippen LogP contribution in [0.4, 0.5) is 0 Å². The zero-order valence-corrected chi connectivity index (χ0v) is 15.4. The Kier molecular flexibility index (Phi) is 4.39. The van der Waals surface area contributed by atoms with E-state index in [1.807, 2.05) is 44.2 Å². The topological polar surface area (TPSA) is 66.7 Å². The highest BCUT2D eigenvalue weighted by Crippen LogP contribution is 2.20. The number of aryl methyl sites for hydroxylation is 1. The molecule has 3 aromatic rings. The summed E-state index contributed by atoms with van der Waals surface area (Å²) >= 11 is 0. The number of fused-ring (bicyclic) bond motifs is 1. The highest BCUT2D eigenvalue weighted by Gasteiger charge is 2.32. The first-order valence-corrected chi connectivity index (χ1v) is 9.03. The molecule has 1 aliphatic heterocycles. The summed E-state index contributed by atoms with van der Waals surface area (Å²) < 4.78 is 5.33. The average molecular weight is 363 g/mol. The minimum Gasteiger partial charge on any atom is -0.459 e. The second-order valence-electron chi connectivity index (χ2n) is 6.94. The van der Waals surface area contributed by atoms with Gasteiger partial charge < -0.3 is 14.2 Å². The molecule has 138 valence electrons. The van der Waals surface area contributed by atoms with Crippen molar-refractivity contribution >= 4 is 22.7 Å². The normalized spacial score (nSPS) is 17.3. The molecule has 0 aliphatic carbocycles. The SMILES string of the molecule is Cc1ccoc1C(=O)N1CCN(C(=O)c2ccc3cccnc3c2)C[C@H]1C. The fourth-order valence-electron chi connectivity index (χ4n) is 3.55. The van der Waals surface area contributed by atoms with Gasteiger partial charge in [0.1, 0.15) is 0 Å². The number of amides is 2. The number of benzene rings is 1. The largest absolute Gasteiger partial charge is 0.459 e. The van der Waals surface area contributed by atoms with Gasteiger partial charge in [-0.05, 0) is 38.1 Å². The Bertz CT molecular complexity index is 1010. The summed E-state index contributed by atoms with van der Waals surface area (Å²) in [5.74, 6) is 0.227. The Balaban J connectivity index is 1.49. The lowest BCUT2D eigenvalue weighted by Gasteiger charge is -2.39. The molecule has 27 heavy (non-hydrogen) atoms. The van der Waals surface area contributed by atoms with Gasteiger partial charge in [0.15, 0.2) is 5.76 Å². The summed E-state index contributed by atoms with van der Waals surface area (Å²) in [4.78, 5) is 33.5. The predicted octanol–water partition coefficient (Wildman–Crippen LogP) is 3.12. The van der Waals surface area contributed by atoms with Crippen molar-refractivity contribution in [3.8, 4) is 0 Å². The molecule has 6 nitrogen and oxygen atoms in total. The van der Waals surface area contributed by atoms with E-state index in [4.69, 9.17) is 4.42 Å². The van der Waals surface area contributed by atoms with E-state index in [-0.39, 0.29) is 17.9 Å². The van der Waals surface area contributed by atoms with E-state index in [9.17, 15) is 9.59 Å². The number of hydrogen-bond donors (Lipinski definition) is 0. The smallest absolute Gasteiger partial charge is 0.290 e. The minimum absolute atomic E-state index is 0.0318. The number of aromatic nitrogens is 1. The first kappa shape index (κ1) is 17.3. The maximum Gasteiger partial charge on any atom is 0.290 e. The highest BCUT2D eigenvalue weighted by molar-refractivity contribution is 5.98. The third kappa shape index (κ3) is 3.18. The molecular formula is C21H21N3O3. The lowest BCUT2D eigenvalue weighted by molar-refractivity contribution is 0.0395. The molecule has 0 N–H and O–H groups in total. The first-order valence-electron chi connectivity index (χ1n) is 9.03. The Morgan fingerprint density at radius 1 is 1.15 bits per heavy atom. The van der Waals surface area contributed by atoms with Crippen LogP contribution in [0.2, 0.25) is 0 Å². The Labute approximate surface area is 157 Å². The standard InChI is InChI=1S/C21H21N3O3/c1-14-7-11-27-19(14)21(26)24-10-9-23(13-15(24)2)20(25)17-6-5-16-4-3-8-22-18(16)12-17/h3-8,11-12,15H,9-10,13H2,1-2H3/t15-/m1/s1. The lowest BCUT2D eigenvalue weighted by atomic mass is 10.1. The average Bonchev–Trinajstić information content (AvgIpc) is 3.12. The number of pyridine rings is 1. The summed E-state index contributed by atoms with van der Waals surface area (Å²) in [5.41, 5.74) is 2.25. The van der Waals surface area contributed by atoms with Crippen LogP contribution in [-0.4, -0.2) is 52.3 Å². The minimum atomic E-state index is -0.119. The third-order valence-corrected chi connectivity index (χ3v) is 5.08. The molecule has 0 bridgehead atoms. The molecule has 1 atom stereocenters. The van der Waals surface area contributed by atoms with Crippen molar-refractivity contribution in [3.63, 3.8) is 0 Å². The summed E-state index contributed by atoms with van der Waals surface area (Å²) in [7, 11) is 0. The molecule has 0 radical (unpaired) electrons. The Morgan fingerprint density at radius 2 is 2.00 bits per heavy atom. The monoisotopic (exact) mass is 363 g/mol. The van der Waals surface area contributed by atoms with Gasteiger partial charge in [0.05, 0.1) is 11.8 Å². The van der Waals surface area contributed by atoms with Gasteiger partial charge in [0.2, 0.25) is 0 Å². The molecule has 0 unspecified atom stereocenters. The number of furan rings is 1. The van der Waals surface area contributed by atoms with Crippen LogP contribution in [0.1, 0.15) is 33.4 Å². The van der Waals surface area contributed by atoms with E-state index in [0.29, 0.717) is 31.0 Å². The molecule has 3 heterocycles.